The van der Waals surface area contributed by atoms with E-state index in [1.54, 1.807) is 6.92 Å². The van der Waals surface area contributed by atoms with Gasteiger partial charge in [0.2, 0.25) is 0 Å². The molecule has 7 heteroatoms. The molecular weight excluding hydrogens is 328 g/mol. The molecular formula is C16H20N4OS2. The molecule has 23 heavy (non-hydrogen) atoms. The Bertz CT molecular complexity index is 686. The lowest BCUT2D eigenvalue weighted by Crippen LogP contribution is -2.31. The van der Waals surface area contributed by atoms with Crippen LogP contribution in [0.2, 0.25) is 0 Å². The first kappa shape index (κ1) is 17.4. The Hall–Kier alpha value is -1.91. The predicted molar refractivity (Wildman–Crippen MR) is 97.8 cm³/mol. The van der Waals surface area contributed by atoms with Crippen LogP contribution < -0.4 is 10.6 Å². The molecule has 1 aliphatic heterocycles. The van der Waals surface area contributed by atoms with Gasteiger partial charge in [0.15, 0.2) is 5.78 Å². The topological polar surface area (TPSA) is 73.4 Å². The summed E-state index contributed by atoms with van der Waals surface area (Å²) in [6, 6.07) is 6.00. The van der Waals surface area contributed by atoms with Gasteiger partial charge in [-0.05, 0) is 32.4 Å². The maximum absolute atomic E-state index is 11.4. The standard InChI is InChI=1S/C16H20N4OS2/c1-11(13(10-17)16(18)22)19-6-3-7-20(9-8-19)15-5-4-14(23-15)12(2)21/h4-5H,3,6-9H2,1-2H3,(H2,18,22). The normalized spacial score (nSPS) is 16.4. The molecule has 0 spiro atoms. The van der Waals surface area contributed by atoms with Crippen LogP contribution in [-0.4, -0.2) is 41.9 Å². The minimum Gasteiger partial charge on any atom is -0.389 e. The molecule has 0 saturated carbocycles. The number of hydrogen-bond donors (Lipinski definition) is 1. The largest absolute Gasteiger partial charge is 0.389 e. The summed E-state index contributed by atoms with van der Waals surface area (Å²) in [5, 5.41) is 10.3. The fourth-order valence-corrected chi connectivity index (χ4v) is 3.78. The van der Waals surface area contributed by atoms with E-state index in [1.807, 2.05) is 19.1 Å². The van der Waals surface area contributed by atoms with E-state index in [4.69, 9.17) is 18.0 Å². The third-order valence-electron chi connectivity index (χ3n) is 3.94. The molecule has 5 nitrogen and oxygen atoms in total. The van der Waals surface area contributed by atoms with Crippen LogP contribution in [0.5, 0.6) is 0 Å². The number of Topliss-reactive ketones (excluding diaryl/α,β-unsaturated/α-hetero) is 1. The Morgan fingerprint density at radius 1 is 1.30 bits per heavy atom. The van der Waals surface area contributed by atoms with Gasteiger partial charge in [-0.2, -0.15) is 5.26 Å². The number of allylic oxidation sites excluding steroid dienone is 1. The van der Waals surface area contributed by atoms with Gasteiger partial charge >= 0.3 is 0 Å². The molecule has 122 valence electrons. The van der Waals surface area contributed by atoms with E-state index in [1.165, 1.54) is 11.3 Å². The maximum atomic E-state index is 11.4. The van der Waals surface area contributed by atoms with Crippen molar-refractivity contribution in [3.8, 4) is 6.07 Å². The van der Waals surface area contributed by atoms with Gasteiger partial charge in [0, 0.05) is 31.9 Å². The molecule has 0 aromatic carbocycles. The molecule has 0 bridgehead atoms. The molecule has 1 fully saturated rings. The lowest BCUT2D eigenvalue weighted by Gasteiger charge is -2.25. The van der Waals surface area contributed by atoms with Crippen molar-refractivity contribution in [2.24, 2.45) is 5.73 Å². The quantitative estimate of drug-likeness (QED) is 0.390. The highest BCUT2D eigenvalue weighted by Gasteiger charge is 2.19. The number of hydrogen-bond acceptors (Lipinski definition) is 6. The minimum atomic E-state index is 0.103. The molecule has 0 radical (unpaired) electrons. The van der Waals surface area contributed by atoms with E-state index in [-0.39, 0.29) is 10.8 Å². The summed E-state index contributed by atoms with van der Waals surface area (Å²) in [7, 11) is 0. The van der Waals surface area contributed by atoms with E-state index in [2.05, 4.69) is 15.9 Å². The number of thiophene rings is 1. The van der Waals surface area contributed by atoms with Crippen molar-refractivity contribution in [3.05, 3.63) is 28.3 Å². The lowest BCUT2D eigenvalue weighted by molar-refractivity contribution is 0.102. The van der Waals surface area contributed by atoms with Gasteiger partial charge in [0.1, 0.15) is 16.6 Å². The van der Waals surface area contributed by atoms with Crippen molar-refractivity contribution in [1.82, 2.24) is 4.90 Å². The number of thiocarbonyl (C=S) groups is 1. The van der Waals surface area contributed by atoms with Crippen LogP contribution in [0.25, 0.3) is 0 Å². The molecule has 0 atom stereocenters. The number of carbonyl (C=O) groups is 1. The third kappa shape index (κ3) is 4.09. The zero-order valence-corrected chi connectivity index (χ0v) is 15.0. The highest BCUT2D eigenvalue weighted by atomic mass is 32.1. The fourth-order valence-electron chi connectivity index (χ4n) is 2.63. The second-order valence-corrected chi connectivity index (χ2v) is 6.96. The van der Waals surface area contributed by atoms with Crippen LogP contribution in [0.15, 0.2) is 23.4 Å². The van der Waals surface area contributed by atoms with Gasteiger partial charge in [-0.15, -0.1) is 11.3 Å². The van der Waals surface area contributed by atoms with Gasteiger partial charge in [0.05, 0.1) is 9.88 Å². The van der Waals surface area contributed by atoms with E-state index in [0.29, 0.717) is 5.57 Å². The monoisotopic (exact) mass is 348 g/mol. The van der Waals surface area contributed by atoms with Gasteiger partial charge in [-0.3, -0.25) is 4.79 Å². The Kier molecular flexibility index (Phi) is 5.74. The van der Waals surface area contributed by atoms with Crippen molar-refractivity contribution >= 4 is 39.3 Å². The summed E-state index contributed by atoms with van der Waals surface area (Å²) in [6.07, 6.45) is 0.973. The van der Waals surface area contributed by atoms with Gasteiger partial charge in [-0.1, -0.05) is 12.2 Å². The van der Waals surface area contributed by atoms with Crippen molar-refractivity contribution in [3.63, 3.8) is 0 Å². The summed E-state index contributed by atoms with van der Waals surface area (Å²) >= 11 is 6.49. The summed E-state index contributed by atoms with van der Waals surface area (Å²) in [5.74, 6) is 0.103. The van der Waals surface area contributed by atoms with Crippen LogP contribution in [0.3, 0.4) is 0 Å². The van der Waals surface area contributed by atoms with E-state index < -0.39 is 0 Å². The number of nitrogens with two attached hydrogens (primary N) is 1. The third-order valence-corrected chi connectivity index (χ3v) is 5.39. The molecule has 2 heterocycles. The van der Waals surface area contributed by atoms with Gasteiger partial charge < -0.3 is 15.5 Å². The molecule has 1 saturated heterocycles. The zero-order valence-electron chi connectivity index (χ0n) is 13.3. The highest BCUT2D eigenvalue weighted by molar-refractivity contribution is 7.80. The minimum absolute atomic E-state index is 0.103. The Morgan fingerprint density at radius 2 is 2.04 bits per heavy atom. The Balaban J connectivity index is 2.12. The number of anilines is 1. The van der Waals surface area contributed by atoms with Crippen molar-refractivity contribution in [2.45, 2.75) is 20.3 Å². The number of nitrogens with zero attached hydrogens (tertiary/aromatic N) is 3. The SMILES string of the molecule is CC(=O)c1ccc(N2CCCN(C(C)=C(C#N)C(N)=S)CC2)s1. The van der Waals surface area contributed by atoms with Crippen LogP contribution in [-0.2, 0) is 0 Å². The second-order valence-electron chi connectivity index (χ2n) is 5.46. The van der Waals surface area contributed by atoms with Crippen molar-refractivity contribution in [1.29, 1.82) is 5.26 Å². The maximum Gasteiger partial charge on any atom is 0.169 e. The first-order chi connectivity index (χ1) is 10.9. The molecule has 2 rings (SSSR count). The molecule has 0 unspecified atom stereocenters. The fraction of sp³-hybridized carbons (Fsp3) is 0.438. The average molecular weight is 348 g/mol. The smallest absolute Gasteiger partial charge is 0.169 e. The summed E-state index contributed by atoms with van der Waals surface area (Å²) in [4.78, 5) is 16.8. The van der Waals surface area contributed by atoms with E-state index >= 15 is 0 Å². The van der Waals surface area contributed by atoms with E-state index in [0.717, 1.165) is 48.2 Å². The molecule has 1 aromatic heterocycles. The van der Waals surface area contributed by atoms with Gasteiger partial charge in [0.25, 0.3) is 0 Å². The summed E-state index contributed by atoms with van der Waals surface area (Å²) in [6.45, 7) is 6.91. The van der Waals surface area contributed by atoms with Crippen LogP contribution in [0, 0.1) is 11.3 Å². The van der Waals surface area contributed by atoms with Crippen molar-refractivity contribution < 1.29 is 4.79 Å². The average Bonchev–Trinajstić information content (AvgIpc) is 2.86. The summed E-state index contributed by atoms with van der Waals surface area (Å²) in [5.41, 5.74) is 6.86. The first-order valence-corrected chi connectivity index (χ1v) is 8.68. The number of nitriles is 1. The first-order valence-electron chi connectivity index (χ1n) is 7.45. The molecule has 2 N–H and O–H groups in total. The molecule has 1 aromatic rings. The van der Waals surface area contributed by atoms with Crippen molar-refractivity contribution in [2.75, 3.05) is 31.1 Å². The lowest BCUT2D eigenvalue weighted by atomic mass is 10.2. The molecule has 1 aliphatic rings. The predicted octanol–water partition coefficient (Wildman–Crippen LogP) is 2.55. The van der Waals surface area contributed by atoms with Crippen LogP contribution in [0.4, 0.5) is 5.00 Å². The second kappa shape index (κ2) is 7.57. The Labute approximate surface area is 146 Å². The van der Waals surface area contributed by atoms with E-state index in [9.17, 15) is 10.1 Å². The number of ketones is 1. The van der Waals surface area contributed by atoms with Crippen LogP contribution >= 0.6 is 23.6 Å². The highest BCUT2D eigenvalue weighted by Crippen LogP contribution is 2.27. The summed E-state index contributed by atoms with van der Waals surface area (Å²) < 4.78 is 0. The number of carbonyl (C=O) groups excluding carboxylic acids is 1. The van der Waals surface area contributed by atoms with Crippen LogP contribution in [0.1, 0.15) is 29.9 Å². The molecule has 0 aliphatic carbocycles. The van der Waals surface area contributed by atoms with Gasteiger partial charge in [-0.25, -0.2) is 0 Å². The molecule has 0 amide bonds. The zero-order chi connectivity index (χ0) is 17.0. The number of rotatable bonds is 4. The Morgan fingerprint density at radius 3 is 2.61 bits per heavy atom.